The zero-order chi connectivity index (χ0) is 15.5. The minimum absolute atomic E-state index is 0.300. The molecule has 2 heterocycles. The standard InChI is InChI=1S/C14H11ClN4O2S/c1-2-21-14(20)19-13-18-11-12(22-13)17-10(7-16-11)8-3-5-9(15)6-4-8/h3-7H,2H2,1H3,(H,16,18,19,20). The molecule has 2 aromatic heterocycles. The fraction of sp³-hybridized carbons (Fsp3) is 0.143. The smallest absolute Gasteiger partial charge is 0.413 e. The highest BCUT2D eigenvalue weighted by molar-refractivity contribution is 7.21. The van der Waals surface area contributed by atoms with E-state index in [9.17, 15) is 4.79 Å². The number of rotatable bonds is 3. The Morgan fingerprint density at radius 3 is 2.82 bits per heavy atom. The molecule has 3 aromatic rings. The number of carbonyl (C=O) groups excluding carboxylic acids is 1. The number of benzene rings is 1. The highest BCUT2D eigenvalue weighted by Gasteiger charge is 2.11. The topological polar surface area (TPSA) is 77.0 Å². The van der Waals surface area contributed by atoms with Crippen molar-refractivity contribution in [3.05, 3.63) is 35.5 Å². The Balaban J connectivity index is 1.90. The lowest BCUT2D eigenvalue weighted by atomic mass is 10.2. The molecule has 1 aromatic carbocycles. The van der Waals surface area contributed by atoms with E-state index in [4.69, 9.17) is 16.3 Å². The summed E-state index contributed by atoms with van der Waals surface area (Å²) >= 11 is 7.12. The maximum Gasteiger partial charge on any atom is 0.413 e. The number of ether oxygens (including phenoxy) is 1. The normalized spacial score (nSPS) is 10.6. The number of halogens is 1. The quantitative estimate of drug-likeness (QED) is 0.784. The number of carbonyl (C=O) groups is 1. The highest BCUT2D eigenvalue weighted by Crippen LogP contribution is 2.26. The van der Waals surface area contributed by atoms with E-state index >= 15 is 0 Å². The van der Waals surface area contributed by atoms with E-state index in [0.717, 1.165) is 11.3 Å². The van der Waals surface area contributed by atoms with Crippen molar-refractivity contribution in [2.24, 2.45) is 0 Å². The zero-order valence-corrected chi connectivity index (χ0v) is 13.1. The molecule has 0 spiro atoms. The van der Waals surface area contributed by atoms with Gasteiger partial charge in [-0.05, 0) is 19.1 Å². The number of anilines is 1. The molecule has 3 rings (SSSR count). The van der Waals surface area contributed by atoms with Gasteiger partial charge in [0.05, 0.1) is 18.5 Å². The van der Waals surface area contributed by atoms with Gasteiger partial charge in [0, 0.05) is 10.6 Å². The first-order chi connectivity index (χ1) is 10.7. The Kier molecular flexibility index (Phi) is 4.17. The van der Waals surface area contributed by atoms with Crippen LogP contribution in [0, 0.1) is 0 Å². The molecule has 0 atom stereocenters. The van der Waals surface area contributed by atoms with Crippen LogP contribution in [0.5, 0.6) is 0 Å². The maximum atomic E-state index is 11.4. The number of nitrogens with one attached hydrogen (secondary N) is 1. The number of thiazole rings is 1. The van der Waals surface area contributed by atoms with E-state index < -0.39 is 6.09 Å². The molecule has 1 amide bonds. The second-order valence-corrected chi connectivity index (χ2v) is 5.67. The summed E-state index contributed by atoms with van der Waals surface area (Å²) in [5.41, 5.74) is 2.11. The van der Waals surface area contributed by atoms with Crippen LogP contribution in [-0.4, -0.2) is 27.7 Å². The van der Waals surface area contributed by atoms with Crippen LogP contribution >= 0.6 is 22.9 Å². The molecule has 0 saturated carbocycles. The van der Waals surface area contributed by atoms with Crippen molar-refractivity contribution in [1.82, 2.24) is 15.0 Å². The molecule has 22 heavy (non-hydrogen) atoms. The Labute approximate surface area is 135 Å². The van der Waals surface area contributed by atoms with Crippen molar-refractivity contribution in [3.8, 4) is 11.3 Å². The van der Waals surface area contributed by atoms with Gasteiger partial charge in [-0.2, -0.15) is 4.98 Å². The van der Waals surface area contributed by atoms with Gasteiger partial charge in [-0.25, -0.2) is 14.8 Å². The summed E-state index contributed by atoms with van der Waals surface area (Å²) in [5, 5.41) is 3.62. The number of nitrogens with zero attached hydrogens (tertiary/aromatic N) is 3. The lowest BCUT2D eigenvalue weighted by Gasteiger charge is -1.99. The molecule has 0 radical (unpaired) electrons. The van der Waals surface area contributed by atoms with Gasteiger partial charge >= 0.3 is 6.09 Å². The summed E-state index contributed by atoms with van der Waals surface area (Å²) in [6.45, 7) is 2.04. The van der Waals surface area contributed by atoms with Crippen molar-refractivity contribution < 1.29 is 9.53 Å². The highest BCUT2D eigenvalue weighted by atomic mass is 35.5. The molecule has 6 nitrogen and oxygen atoms in total. The van der Waals surface area contributed by atoms with Gasteiger partial charge in [-0.1, -0.05) is 35.1 Å². The summed E-state index contributed by atoms with van der Waals surface area (Å²) in [4.78, 5) is 25.0. The van der Waals surface area contributed by atoms with Gasteiger partial charge in [0.25, 0.3) is 0 Å². The molecule has 0 saturated heterocycles. The fourth-order valence-electron chi connectivity index (χ4n) is 1.79. The van der Waals surface area contributed by atoms with Crippen molar-refractivity contribution in [3.63, 3.8) is 0 Å². The summed E-state index contributed by atoms with van der Waals surface area (Å²) in [6.07, 6.45) is 1.10. The molecule has 112 valence electrons. The van der Waals surface area contributed by atoms with Crippen LogP contribution in [-0.2, 0) is 4.74 Å². The van der Waals surface area contributed by atoms with Gasteiger partial charge in [0.1, 0.15) is 0 Å². The Hall–Kier alpha value is -2.25. The minimum atomic E-state index is -0.542. The van der Waals surface area contributed by atoms with Crippen molar-refractivity contribution in [2.45, 2.75) is 6.92 Å². The molecule has 0 aliphatic rings. The number of hydrogen-bond donors (Lipinski definition) is 1. The van der Waals surface area contributed by atoms with E-state index in [2.05, 4.69) is 20.3 Å². The van der Waals surface area contributed by atoms with Gasteiger partial charge in [0.2, 0.25) is 0 Å². The number of hydrogen-bond acceptors (Lipinski definition) is 6. The van der Waals surface area contributed by atoms with Gasteiger partial charge in [0.15, 0.2) is 15.6 Å². The largest absolute Gasteiger partial charge is 0.450 e. The van der Waals surface area contributed by atoms with E-state index in [-0.39, 0.29) is 0 Å². The SMILES string of the molecule is CCOC(=O)Nc1nc2ncc(-c3ccc(Cl)cc3)nc2s1. The third kappa shape index (κ3) is 3.15. The van der Waals surface area contributed by atoms with Crippen LogP contribution in [0.4, 0.5) is 9.93 Å². The summed E-state index contributed by atoms with van der Waals surface area (Å²) < 4.78 is 4.81. The first-order valence-electron chi connectivity index (χ1n) is 6.49. The third-order valence-electron chi connectivity index (χ3n) is 2.75. The Morgan fingerprint density at radius 1 is 1.32 bits per heavy atom. The third-order valence-corrected chi connectivity index (χ3v) is 3.85. The van der Waals surface area contributed by atoms with Gasteiger partial charge in [-0.3, -0.25) is 5.32 Å². The molecule has 0 aliphatic heterocycles. The summed E-state index contributed by atoms with van der Waals surface area (Å²) in [7, 11) is 0. The molecule has 0 fully saturated rings. The lowest BCUT2D eigenvalue weighted by molar-refractivity contribution is 0.168. The van der Waals surface area contributed by atoms with Gasteiger partial charge in [-0.15, -0.1) is 0 Å². The fourth-order valence-corrected chi connectivity index (χ4v) is 2.70. The van der Waals surface area contributed by atoms with Crippen LogP contribution in [0.1, 0.15) is 6.92 Å². The molecular formula is C14H11ClN4O2S. The predicted molar refractivity (Wildman–Crippen MR) is 86.3 cm³/mol. The van der Waals surface area contributed by atoms with E-state index in [1.54, 1.807) is 25.3 Å². The second kappa shape index (κ2) is 6.25. The van der Waals surface area contributed by atoms with Crippen LogP contribution in [0.3, 0.4) is 0 Å². The van der Waals surface area contributed by atoms with Crippen LogP contribution < -0.4 is 5.32 Å². The average molecular weight is 335 g/mol. The van der Waals surface area contributed by atoms with Crippen LogP contribution in [0.2, 0.25) is 5.02 Å². The van der Waals surface area contributed by atoms with Crippen molar-refractivity contribution >= 4 is 44.6 Å². The minimum Gasteiger partial charge on any atom is -0.450 e. The predicted octanol–water partition coefficient (Wildman–Crippen LogP) is 3.98. The maximum absolute atomic E-state index is 11.4. The molecule has 0 aliphatic carbocycles. The van der Waals surface area contributed by atoms with E-state index in [1.807, 2.05) is 12.1 Å². The molecule has 0 unspecified atom stereocenters. The summed E-state index contributed by atoms with van der Waals surface area (Å²) in [6, 6.07) is 7.33. The molecule has 1 N–H and O–H groups in total. The van der Waals surface area contributed by atoms with Crippen molar-refractivity contribution in [2.75, 3.05) is 11.9 Å². The molecule has 8 heteroatoms. The van der Waals surface area contributed by atoms with Crippen molar-refractivity contribution in [1.29, 1.82) is 0 Å². The molecular weight excluding hydrogens is 324 g/mol. The zero-order valence-electron chi connectivity index (χ0n) is 11.5. The Bertz CT molecular complexity index is 819. The van der Waals surface area contributed by atoms with E-state index in [1.165, 1.54) is 11.3 Å². The number of amides is 1. The number of fused-ring (bicyclic) bond motifs is 1. The van der Waals surface area contributed by atoms with Crippen LogP contribution in [0.25, 0.3) is 21.7 Å². The van der Waals surface area contributed by atoms with Gasteiger partial charge < -0.3 is 4.74 Å². The monoisotopic (exact) mass is 334 g/mol. The van der Waals surface area contributed by atoms with E-state index in [0.29, 0.717) is 27.2 Å². The van der Waals surface area contributed by atoms with Crippen LogP contribution in [0.15, 0.2) is 30.5 Å². The average Bonchev–Trinajstić information content (AvgIpc) is 2.89. The number of aromatic nitrogens is 3. The first-order valence-corrected chi connectivity index (χ1v) is 7.68. The lowest BCUT2D eigenvalue weighted by Crippen LogP contribution is -2.12. The Morgan fingerprint density at radius 2 is 2.09 bits per heavy atom. The summed E-state index contributed by atoms with van der Waals surface area (Å²) in [5.74, 6) is 0. The first kappa shape index (κ1) is 14.7. The second-order valence-electron chi connectivity index (χ2n) is 4.26. The molecule has 0 bridgehead atoms.